The van der Waals surface area contributed by atoms with Crippen molar-refractivity contribution >= 4 is 34.5 Å². The van der Waals surface area contributed by atoms with E-state index in [2.05, 4.69) is 31.1 Å². The number of benzene rings is 2. The number of aromatic nitrogens is 6. The average molecular weight is 541 g/mol. The number of nitrogens with one attached hydrogen (secondary N) is 2. The van der Waals surface area contributed by atoms with Crippen molar-refractivity contribution in [1.82, 2.24) is 40.2 Å². The van der Waals surface area contributed by atoms with Crippen LogP contribution in [-0.4, -0.2) is 47.2 Å². The van der Waals surface area contributed by atoms with Gasteiger partial charge in [0.15, 0.2) is 11.4 Å². The van der Waals surface area contributed by atoms with E-state index < -0.39 is 17.6 Å². The quantitative estimate of drug-likeness (QED) is 0.305. The van der Waals surface area contributed by atoms with Gasteiger partial charge in [0.05, 0.1) is 11.6 Å². The van der Waals surface area contributed by atoms with Crippen molar-refractivity contribution < 1.29 is 18.8 Å². The zero-order valence-electron chi connectivity index (χ0n) is 21.9. The molecule has 6 rings (SSSR count). The van der Waals surface area contributed by atoms with Crippen LogP contribution in [0.15, 0.2) is 45.6 Å². The Kier molecular flexibility index (Phi) is 5.97. The van der Waals surface area contributed by atoms with Crippen LogP contribution in [0.4, 0.5) is 0 Å². The summed E-state index contributed by atoms with van der Waals surface area (Å²) >= 11 is 0. The van der Waals surface area contributed by atoms with E-state index in [9.17, 15) is 19.2 Å². The van der Waals surface area contributed by atoms with Crippen LogP contribution in [0, 0.1) is 6.92 Å². The van der Waals surface area contributed by atoms with E-state index >= 15 is 0 Å². The fourth-order valence-corrected chi connectivity index (χ4v) is 5.22. The van der Waals surface area contributed by atoms with E-state index in [4.69, 9.17) is 4.42 Å². The predicted molar refractivity (Wildman–Crippen MR) is 141 cm³/mol. The number of oxazole rings is 1. The smallest absolute Gasteiger partial charge is 0.408 e. The second-order valence-corrected chi connectivity index (χ2v) is 9.76. The lowest BCUT2D eigenvalue weighted by molar-refractivity contribution is 0.0927. The molecule has 2 amide bonds. The third kappa shape index (κ3) is 4.21. The molecular weight excluding hydrogens is 516 g/mol. The van der Waals surface area contributed by atoms with Crippen LogP contribution in [0.2, 0.25) is 0 Å². The highest BCUT2D eigenvalue weighted by Gasteiger charge is 2.28. The summed E-state index contributed by atoms with van der Waals surface area (Å²) in [4.78, 5) is 54.4. The molecule has 0 unspecified atom stereocenters. The Labute approximate surface area is 226 Å². The average Bonchev–Trinajstić information content (AvgIpc) is 3.65. The van der Waals surface area contributed by atoms with E-state index in [1.165, 1.54) is 15.1 Å². The molecule has 1 aliphatic rings. The van der Waals surface area contributed by atoms with Crippen molar-refractivity contribution in [3.8, 4) is 0 Å². The summed E-state index contributed by atoms with van der Waals surface area (Å²) in [6.45, 7) is 3.61. The van der Waals surface area contributed by atoms with Gasteiger partial charge in [-0.25, -0.2) is 9.78 Å². The fourth-order valence-electron chi connectivity index (χ4n) is 5.22. The molecule has 202 valence electrons. The second kappa shape index (κ2) is 9.52. The number of hydrogen-bond acceptors (Lipinski definition) is 9. The number of carbonyl (C=O) groups excluding carboxylic acids is 3. The number of aryl methyl sites for hydroxylation is 1. The van der Waals surface area contributed by atoms with E-state index in [0.29, 0.717) is 23.1 Å². The van der Waals surface area contributed by atoms with Gasteiger partial charge in [0.1, 0.15) is 11.4 Å². The number of ketones is 1. The molecular formula is C27H24N8O5. The van der Waals surface area contributed by atoms with Crippen molar-refractivity contribution in [3.05, 3.63) is 86.2 Å². The molecule has 0 spiro atoms. The molecule has 3 heterocycles. The Morgan fingerprint density at radius 2 is 1.95 bits per heavy atom. The molecule has 2 aromatic carbocycles. The molecule has 13 heteroatoms. The number of amides is 2. The number of carbonyl (C=O) groups is 3. The summed E-state index contributed by atoms with van der Waals surface area (Å²) in [5, 5.41) is 17.1. The number of nitrogens with zero attached hydrogens (tertiary/aromatic N) is 6. The summed E-state index contributed by atoms with van der Waals surface area (Å²) in [6.07, 6.45) is 1.41. The lowest BCUT2D eigenvalue weighted by Crippen LogP contribution is -2.30. The molecule has 1 atom stereocenters. The van der Waals surface area contributed by atoms with Crippen molar-refractivity contribution in [2.75, 3.05) is 0 Å². The van der Waals surface area contributed by atoms with E-state index in [1.54, 1.807) is 38.2 Å². The molecule has 0 radical (unpaired) electrons. The molecule has 13 nitrogen and oxygen atoms in total. The van der Waals surface area contributed by atoms with Crippen molar-refractivity contribution in [3.63, 3.8) is 0 Å². The van der Waals surface area contributed by atoms with Gasteiger partial charge in [-0.3, -0.25) is 19.0 Å². The summed E-state index contributed by atoms with van der Waals surface area (Å²) in [5.41, 5.74) is 5.45. The summed E-state index contributed by atoms with van der Waals surface area (Å²) in [7, 11) is 1.60. The number of fused-ring (bicyclic) bond motifs is 3. The van der Waals surface area contributed by atoms with Gasteiger partial charge in [0.25, 0.3) is 17.6 Å². The Morgan fingerprint density at radius 1 is 1.12 bits per heavy atom. The minimum absolute atomic E-state index is 0.00128. The fraction of sp³-hybridized carbons (Fsp3) is 0.259. The van der Waals surface area contributed by atoms with Crippen molar-refractivity contribution in [2.45, 2.75) is 39.3 Å². The van der Waals surface area contributed by atoms with Crippen molar-refractivity contribution in [2.24, 2.45) is 7.05 Å². The second-order valence-electron chi connectivity index (χ2n) is 9.76. The van der Waals surface area contributed by atoms with Crippen LogP contribution in [0.5, 0.6) is 0 Å². The molecule has 0 saturated carbocycles. The van der Waals surface area contributed by atoms with Crippen LogP contribution in [0.3, 0.4) is 0 Å². The SMILES string of the molecule is CC(=O)c1ccc2c(c1C)CC[C@@H]2NC(=O)c1cc(C(=O)NCc2ccc3oc(=O)n(C)c3c2)nc2nnnn12. The normalized spacial score (nSPS) is 14.4. The first-order valence-corrected chi connectivity index (χ1v) is 12.6. The first-order valence-electron chi connectivity index (χ1n) is 12.6. The topological polar surface area (TPSA) is 166 Å². The maximum atomic E-state index is 13.4. The van der Waals surface area contributed by atoms with Crippen LogP contribution in [0.25, 0.3) is 16.9 Å². The Bertz CT molecular complexity index is 1920. The Balaban J connectivity index is 1.23. The minimum atomic E-state index is -0.528. The van der Waals surface area contributed by atoms with Crippen LogP contribution < -0.4 is 16.4 Å². The highest BCUT2D eigenvalue weighted by atomic mass is 16.4. The standard InChI is InChI=1S/C27H24N8O5/c1-13-16(14(2)36)5-6-18-17(13)7-8-19(18)29-25(38)22-11-20(30-26-31-32-33-35(22)26)24(37)28-12-15-4-9-23-21(10-15)34(3)27(39)40-23/h4-6,9-11,19H,7-8,12H2,1-3H3,(H,28,37)(H,29,38)/t19-/m0/s1. The molecule has 0 fully saturated rings. The zero-order valence-corrected chi connectivity index (χ0v) is 21.9. The first-order chi connectivity index (χ1) is 19.2. The van der Waals surface area contributed by atoms with E-state index in [0.717, 1.165) is 28.7 Å². The molecule has 1 aliphatic carbocycles. The van der Waals surface area contributed by atoms with Gasteiger partial charge < -0.3 is 15.1 Å². The third-order valence-corrected chi connectivity index (χ3v) is 7.33. The molecule has 0 aliphatic heterocycles. The van der Waals surface area contributed by atoms with Gasteiger partial charge in [0, 0.05) is 25.2 Å². The van der Waals surface area contributed by atoms with Crippen LogP contribution >= 0.6 is 0 Å². The number of tetrazole rings is 1. The zero-order chi connectivity index (χ0) is 28.1. The maximum Gasteiger partial charge on any atom is 0.419 e. The summed E-state index contributed by atoms with van der Waals surface area (Å²) < 4.78 is 7.70. The largest absolute Gasteiger partial charge is 0.419 e. The van der Waals surface area contributed by atoms with Crippen LogP contribution in [0.1, 0.15) is 73.0 Å². The van der Waals surface area contributed by atoms with Gasteiger partial charge in [-0.1, -0.05) is 23.3 Å². The molecule has 40 heavy (non-hydrogen) atoms. The molecule has 5 aromatic rings. The summed E-state index contributed by atoms with van der Waals surface area (Å²) in [6, 6.07) is 9.90. The highest BCUT2D eigenvalue weighted by Crippen LogP contribution is 2.35. The van der Waals surface area contributed by atoms with Crippen LogP contribution in [-0.2, 0) is 20.0 Å². The molecule has 0 bridgehead atoms. The minimum Gasteiger partial charge on any atom is -0.408 e. The molecule has 3 aromatic heterocycles. The van der Waals surface area contributed by atoms with Gasteiger partial charge >= 0.3 is 5.76 Å². The lowest BCUT2D eigenvalue weighted by Gasteiger charge is -2.16. The summed E-state index contributed by atoms with van der Waals surface area (Å²) in [5.74, 6) is -1.46. The predicted octanol–water partition coefficient (Wildman–Crippen LogP) is 1.82. The van der Waals surface area contributed by atoms with Gasteiger partial charge in [0.2, 0.25) is 0 Å². The number of rotatable bonds is 6. The van der Waals surface area contributed by atoms with Gasteiger partial charge in [-0.05, 0) is 71.5 Å². The van der Waals surface area contributed by atoms with E-state index in [-0.39, 0.29) is 35.5 Å². The Hall–Kier alpha value is -5.20. The highest BCUT2D eigenvalue weighted by molar-refractivity contribution is 5.98. The van der Waals surface area contributed by atoms with E-state index in [1.807, 2.05) is 13.0 Å². The number of hydrogen-bond donors (Lipinski definition) is 2. The number of Topliss-reactive ketones (excluding diaryl/α,β-unsaturated/α-hetero) is 1. The monoisotopic (exact) mass is 540 g/mol. The first kappa shape index (κ1) is 25.1. The van der Waals surface area contributed by atoms with Gasteiger partial charge in [-0.15, -0.1) is 0 Å². The molecule has 2 N–H and O–H groups in total. The van der Waals surface area contributed by atoms with Gasteiger partial charge in [-0.2, -0.15) is 4.52 Å². The van der Waals surface area contributed by atoms with Crippen molar-refractivity contribution in [1.29, 1.82) is 0 Å². The molecule has 0 saturated heterocycles. The Morgan fingerprint density at radius 3 is 2.75 bits per heavy atom. The lowest BCUT2D eigenvalue weighted by atomic mass is 9.96. The maximum absolute atomic E-state index is 13.4. The third-order valence-electron chi connectivity index (χ3n) is 7.33.